The lowest BCUT2D eigenvalue weighted by atomic mass is 9.72. The Morgan fingerprint density at radius 3 is 2.44 bits per heavy atom. The van der Waals surface area contributed by atoms with Gasteiger partial charge in [0.1, 0.15) is 0 Å². The average Bonchev–Trinajstić information content (AvgIpc) is 3.21. The molecule has 3 aliphatic rings. The van der Waals surface area contributed by atoms with Crippen molar-refractivity contribution in [1.82, 2.24) is 15.5 Å². The van der Waals surface area contributed by atoms with Gasteiger partial charge < -0.3 is 15.2 Å². The lowest BCUT2D eigenvalue weighted by Crippen LogP contribution is -2.60. The van der Waals surface area contributed by atoms with E-state index in [0.29, 0.717) is 31.2 Å². The lowest BCUT2D eigenvalue weighted by Gasteiger charge is -2.47. The second-order valence-electron chi connectivity index (χ2n) is 14.0. The van der Waals surface area contributed by atoms with Crippen molar-refractivity contribution in [2.24, 2.45) is 17.8 Å². The number of aliphatic hydroxyl groups excluding tert-OH is 1. The summed E-state index contributed by atoms with van der Waals surface area (Å²) in [5, 5.41) is 17.8. The molecule has 0 unspecified atom stereocenters. The summed E-state index contributed by atoms with van der Waals surface area (Å²) >= 11 is 0. The van der Waals surface area contributed by atoms with Crippen LogP contribution in [0.15, 0.2) is 30.3 Å². The minimum atomic E-state index is -3.15. The number of carbonyl (C=O) groups is 1. The van der Waals surface area contributed by atoms with E-state index in [0.717, 1.165) is 18.5 Å². The Morgan fingerprint density at radius 1 is 1.10 bits per heavy atom. The fourth-order valence-electron chi connectivity index (χ4n) is 7.30. The topological polar surface area (TPSA) is 108 Å². The van der Waals surface area contributed by atoms with Gasteiger partial charge in [-0.05, 0) is 69.8 Å². The van der Waals surface area contributed by atoms with Crippen LogP contribution < -0.4 is 10.6 Å². The van der Waals surface area contributed by atoms with Gasteiger partial charge in [0.25, 0.3) is 0 Å². The number of rotatable bonds is 11. The first-order valence-corrected chi connectivity index (χ1v) is 17.4. The first-order chi connectivity index (χ1) is 19.3. The number of piperidine rings is 1. The zero-order valence-corrected chi connectivity index (χ0v) is 26.5. The van der Waals surface area contributed by atoms with Crippen LogP contribution in [0, 0.1) is 17.8 Å². The molecule has 1 saturated carbocycles. The second kappa shape index (κ2) is 13.8. The van der Waals surface area contributed by atoms with Gasteiger partial charge in [0.05, 0.1) is 36.0 Å². The van der Waals surface area contributed by atoms with Crippen LogP contribution in [-0.2, 0) is 25.8 Å². The fraction of sp³-hybridized carbons (Fsp3) is 0.781. The van der Waals surface area contributed by atoms with Crippen LogP contribution in [0.4, 0.5) is 0 Å². The van der Waals surface area contributed by atoms with Gasteiger partial charge in [0.15, 0.2) is 9.84 Å². The summed E-state index contributed by atoms with van der Waals surface area (Å²) in [6.07, 6.45) is 5.69. The van der Waals surface area contributed by atoms with Crippen LogP contribution in [0.1, 0.15) is 78.7 Å². The summed E-state index contributed by atoms with van der Waals surface area (Å²) in [7, 11) is -3.15. The van der Waals surface area contributed by atoms with Crippen molar-refractivity contribution in [3.8, 4) is 0 Å². The number of sulfone groups is 1. The van der Waals surface area contributed by atoms with E-state index in [-0.39, 0.29) is 48.0 Å². The molecule has 1 aromatic rings. The number of fused-ring (bicyclic) bond motifs is 1. The second-order valence-corrected chi connectivity index (χ2v) is 16.3. The van der Waals surface area contributed by atoms with Gasteiger partial charge >= 0.3 is 0 Å². The molecule has 4 rings (SSSR count). The zero-order chi connectivity index (χ0) is 29.8. The SMILES string of the molecule is CC(C)[C@H]1[C@@H](OCN[C@@H](Cc2ccccc2)[C@H](O)CN2C[C@H]3CCCC[C@H]3C[C@H]2C(=O)NC(C)(C)C)CCS1(=O)=O. The molecule has 1 aromatic carbocycles. The molecule has 2 saturated heterocycles. The van der Waals surface area contributed by atoms with Crippen LogP contribution in [0.2, 0.25) is 0 Å². The van der Waals surface area contributed by atoms with Gasteiger partial charge in [-0.15, -0.1) is 0 Å². The smallest absolute Gasteiger partial charge is 0.237 e. The molecule has 232 valence electrons. The minimum absolute atomic E-state index is 0.0166. The molecule has 0 radical (unpaired) electrons. The van der Waals surface area contributed by atoms with Gasteiger partial charge in [-0.1, -0.05) is 63.4 Å². The van der Waals surface area contributed by atoms with Crippen molar-refractivity contribution in [2.75, 3.05) is 25.6 Å². The van der Waals surface area contributed by atoms with Crippen LogP contribution in [0.5, 0.6) is 0 Å². The highest BCUT2D eigenvalue weighted by Gasteiger charge is 2.44. The number of carbonyl (C=O) groups excluding carboxylic acids is 1. The van der Waals surface area contributed by atoms with Crippen LogP contribution in [-0.4, -0.2) is 85.0 Å². The predicted octanol–water partition coefficient (Wildman–Crippen LogP) is 3.53. The Labute approximate surface area is 247 Å². The van der Waals surface area contributed by atoms with Gasteiger partial charge in [0, 0.05) is 24.7 Å². The van der Waals surface area contributed by atoms with E-state index in [2.05, 4.69) is 15.5 Å². The molecule has 0 spiro atoms. The molecule has 3 fully saturated rings. The Bertz CT molecular complexity index is 1090. The third-order valence-corrected chi connectivity index (χ3v) is 11.7. The van der Waals surface area contributed by atoms with Crippen molar-refractivity contribution in [3.63, 3.8) is 0 Å². The summed E-state index contributed by atoms with van der Waals surface area (Å²) in [6, 6.07) is 9.49. The van der Waals surface area contributed by atoms with Crippen molar-refractivity contribution in [2.45, 2.75) is 115 Å². The van der Waals surface area contributed by atoms with E-state index in [9.17, 15) is 18.3 Å². The molecule has 2 aliphatic heterocycles. The number of amides is 1. The molecule has 7 atom stereocenters. The highest BCUT2D eigenvalue weighted by Crippen LogP contribution is 2.39. The Kier molecular flexibility index (Phi) is 10.9. The molecular weight excluding hydrogens is 538 g/mol. The van der Waals surface area contributed by atoms with Gasteiger partial charge in [0.2, 0.25) is 5.91 Å². The number of hydrogen-bond donors (Lipinski definition) is 3. The van der Waals surface area contributed by atoms with Crippen molar-refractivity contribution in [1.29, 1.82) is 0 Å². The van der Waals surface area contributed by atoms with E-state index >= 15 is 0 Å². The third kappa shape index (κ3) is 8.75. The molecule has 3 N–H and O–H groups in total. The first-order valence-electron chi connectivity index (χ1n) is 15.7. The highest BCUT2D eigenvalue weighted by molar-refractivity contribution is 7.92. The normalized spacial score (nSPS) is 30.1. The molecular formula is C32H53N3O5S. The lowest BCUT2D eigenvalue weighted by molar-refractivity contribution is -0.132. The molecule has 8 nitrogen and oxygen atoms in total. The molecule has 1 aliphatic carbocycles. The maximum Gasteiger partial charge on any atom is 0.237 e. The Hall–Kier alpha value is -1.52. The molecule has 0 aromatic heterocycles. The number of ether oxygens (including phenoxy) is 1. The first kappa shape index (κ1) is 32.4. The number of benzene rings is 1. The molecule has 9 heteroatoms. The Morgan fingerprint density at radius 2 is 1.78 bits per heavy atom. The maximum absolute atomic E-state index is 13.5. The quantitative estimate of drug-likeness (QED) is 0.338. The average molecular weight is 592 g/mol. The Balaban J connectivity index is 1.46. The summed E-state index contributed by atoms with van der Waals surface area (Å²) < 4.78 is 31.3. The van der Waals surface area contributed by atoms with E-state index in [1.165, 1.54) is 25.7 Å². The number of likely N-dealkylation sites (tertiary alicyclic amines) is 1. The van der Waals surface area contributed by atoms with Crippen molar-refractivity contribution >= 4 is 15.7 Å². The van der Waals surface area contributed by atoms with E-state index in [1.54, 1.807) is 0 Å². The van der Waals surface area contributed by atoms with Crippen LogP contribution >= 0.6 is 0 Å². The number of nitrogens with one attached hydrogen (secondary N) is 2. The minimum Gasteiger partial charge on any atom is -0.390 e. The number of β-amino-alcohol motifs (C(OH)–C–C–N with tert-alkyl or cyclic N) is 1. The highest BCUT2D eigenvalue weighted by atomic mass is 32.2. The largest absolute Gasteiger partial charge is 0.390 e. The number of hydrogen-bond acceptors (Lipinski definition) is 7. The molecule has 2 heterocycles. The maximum atomic E-state index is 13.5. The van der Waals surface area contributed by atoms with Crippen molar-refractivity contribution in [3.05, 3.63) is 35.9 Å². The molecule has 1 amide bonds. The predicted molar refractivity (Wildman–Crippen MR) is 163 cm³/mol. The van der Waals surface area contributed by atoms with Crippen LogP contribution in [0.3, 0.4) is 0 Å². The number of nitrogens with zero attached hydrogens (tertiary/aromatic N) is 1. The van der Waals surface area contributed by atoms with Gasteiger partial charge in [-0.2, -0.15) is 0 Å². The summed E-state index contributed by atoms with van der Waals surface area (Å²) in [6.45, 7) is 11.3. The molecule has 0 bridgehead atoms. The van der Waals surface area contributed by atoms with E-state index in [4.69, 9.17) is 4.74 Å². The zero-order valence-electron chi connectivity index (χ0n) is 25.7. The van der Waals surface area contributed by atoms with Gasteiger partial charge in [-0.25, -0.2) is 8.42 Å². The van der Waals surface area contributed by atoms with E-state index in [1.807, 2.05) is 65.0 Å². The summed E-state index contributed by atoms with van der Waals surface area (Å²) in [5.41, 5.74) is 0.779. The monoisotopic (exact) mass is 591 g/mol. The van der Waals surface area contributed by atoms with Gasteiger partial charge in [-0.3, -0.25) is 15.0 Å². The third-order valence-electron chi connectivity index (χ3n) is 9.26. The number of aliphatic hydroxyl groups is 1. The van der Waals surface area contributed by atoms with E-state index < -0.39 is 21.2 Å². The standard InChI is InChI=1S/C32H53N3O5S/c1-22(2)30-29(15-16-41(30,38)39)40-21-33-26(17-23-11-7-6-8-12-23)28(36)20-35-19-25-14-10-9-13-24(25)18-27(35)31(37)34-32(3,4)5/h6-8,11-12,22,24-30,33,36H,9-10,13-21H2,1-5H3,(H,34,37)/t24-,25+,26-,27-,28+,29-,30-/m0/s1. The molecule has 41 heavy (non-hydrogen) atoms. The van der Waals surface area contributed by atoms with Crippen LogP contribution in [0.25, 0.3) is 0 Å². The summed E-state index contributed by atoms with van der Waals surface area (Å²) in [5.74, 6) is 1.32. The van der Waals surface area contributed by atoms with Crippen molar-refractivity contribution < 1.29 is 23.1 Å². The summed E-state index contributed by atoms with van der Waals surface area (Å²) in [4.78, 5) is 15.7. The fourth-order valence-corrected chi connectivity index (χ4v) is 9.64.